The van der Waals surface area contributed by atoms with Gasteiger partial charge in [0.15, 0.2) is 0 Å². The van der Waals surface area contributed by atoms with E-state index >= 15 is 0 Å². The van der Waals surface area contributed by atoms with Gasteiger partial charge in [0.1, 0.15) is 44.8 Å². The highest BCUT2D eigenvalue weighted by molar-refractivity contribution is 7.00. The second-order valence-corrected chi connectivity index (χ2v) is 29.3. The average molecular weight is 1420 g/mol. The van der Waals surface area contributed by atoms with Crippen molar-refractivity contribution in [3.05, 3.63) is 381 Å². The number of allylic oxidation sites excluding steroid dienone is 6. The van der Waals surface area contributed by atoms with Crippen LogP contribution in [0.2, 0.25) is 0 Å². The summed E-state index contributed by atoms with van der Waals surface area (Å²) in [6.07, 6.45) is 13.6. The Morgan fingerprint density at radius 2 is 0.802 bits per heavy atom. The van der Waals surface area contributed by atoms with E-state index in [1.807, 2.05) is 6.07 Å². The third-order valence-corrected chi connectivity index (χ3v) is 23.0. The van der Waals surface area contributed by atoms with E-state index in [1.54, 1.807) is 0 Å². The van der Waals surface area contributed by atoms with Crippen molar-refractivity contribution >= 4 is 157 Å². The van der Waals surface area contributed by atoms with Gasteiger partial charge in [0.2, 0.25) is 0 Å². The first-order chi connectivity index (χ1) is 54.9. The Morgan fingerprint density at radius 1 is 0.369 bits per heavy atom. The van der Waals surface area contributed by atoms with Gasteiger partial charge >= 0.3 is 0 Å². The molecule has 3 aliphatic rings. The summed E-state index contributed by atoms with van der Waals surface area (Å²) < 4.78 is 27.9. The smallest absolute Gasteiger partial charge is 0.252 e. The van der Waals surface area contributed by atoms with E-state index in [4.69, 9.17) is 17.7 Å². The van der Waals surface area contributed by atoms with Crippen LogP contribution in [0, 0.1) is 5.92 Å². The number of fused-ring (bicyclic) bond motifs is 16. The zero-order chi connectivity index (χ0) is 73.4. The number of furan rings is 4. The average Bonchev–Trinajstić information content (AvgIpc) is 1.48. The molecule has 1 unspecified atom stereocenters. The molecule has 22 rings (SSSR count). The molecule has 8 heteroatoms. The second kappa shape index (κ2) is 25.7. The van der Waals surface area contributed by atoms with Gasteiger partial charge in [-0.2, -0.15) is 0 Å². The van der Waals surface area contributed by atoms with Gasteiger partial charge < -0.3 is 32.4 Å². The summed E-state index contributed by atoms with van der Waals surface area (Å²) in [4.78, 5) is 7.57. The molecular weight excluding hydrogens is 1350 g/mol. The van der Waals surface area contributed by atoms with Crippen LogP contribution in [0.3, 0.4) is 0 Å². The van der Waals surface area contributed by atoms with E-state index in [-0.39, 0.29) is 12.6 Å². The van der Waals surface area contributed by atoms with Crippen LogP contribution < -0.4 is 31.1 Å². The topological polar surface area (TPSA) is 62.3 Å². The van der Waals surface area contributed by atoms with Crippen molar-refractivity contribution in [1.82, 2.24) is 0 Å². The molecule has 1 atom stereocenters. The van der Waals surface area contributed by atoms with Crippen molar-refractivity contribution in [1.29, 1.82) is 0 Å². The summed E-state index contributed by atoms with van der Waals surface area (Å²) >= 11 is 0. The Bertz CT molecular complexity index is 7050. The minimum atomic E-state index is -0.320. The summed E-state index contributed by atoms with van der Waals surface area (Å²) in [7, 11) is 0. The maximum Gasteiger partial charge on any atom is 0.252 e. The Labute approximate surface area is 641 Å². The molecule has 0 spiro atoms. The summed E-state index contributed by atoms with van der Waals surface area (Å²) in [5.74, 6) is 0.847. The normalized spacial score (nSPS) is 14.3. The van der Waals surface area contributed by atoms with E-state index in [0.29, 0.717) is 0 Å². The Kier molecular flexibility index (Phi) is 14.8. The maximum atomic E-state index is 7.08. The number of para-hydroxylation sites is 7. The molecule has 0 amide bonds. The molecule has 19 aromatic rings. The molecule has 4 aromatic heterocycles. The van der Waals surface area contributed by atoms with Crippen LogP contribution in [0.5, 0.6) is 0 Å². The van der Waals surface area contributed by atoms with Gasteiger partial charge in [-0.1, -0.05) is 280 Å². The molecule has 0 N–H and O–H groups in total. The predicted octanol–water partition coefficient (Wildman–Crippen LogP) is 26.9. The predicted molar refractivity (Wildman–Crippen MR) is 463 cm³/mol. The van der Waals surface area contributed by atoms with Crippen molar-refractivity contribution in [2.24, 2.45) is 5.92 Å². The Morgan fingerprint density at radius 3 is 1.34 bits per heavy atom. The fraction of sp³-hybridized carbons (Fsp3) is 0.0291. The lowest BCUT2D eigenvalue weighted by atomic mass is 9.33. The van der Waals surface area contributed by atoms with Gasteiger partial charge in [0.05, 0.1) is 5.69 Å². The highest BCUT2D eigenvalue weighted by Crippen LogP contribution is 2.52. The highest BCUT2D eigenvalue weighted by atomic mass is 16.3. The Balaban J connectivity index is 0.862. The lowest BCUT2D eigenvalue weighted by Crippen LogP contribution is -2.61. The van der Waals surface area contributed by atoms with Gasteiger partial charge in [-0.05, 0) is 159 Å². The van der Waals surface area contributed by atoms with Crippen LogP contribution in [0.15, 0.2) is 387 Å². The molecule has 0 saturated heterocycles. The molecule has 0 bridgehead atoms. The third kappa shape index (κ3) is 10.4. The van der Waals surface area contributed by atoms with Gasteiger partial charge in [0.25, 0.3) is 6.71 Å². The minimum Gasteiger partial charge on any atom is -0.456 e. The highest BCUT2D eigenvalue weighted by Gasteiger charge is 2.45. The molecule has 522 valence electrons. The molecule has 0 saturated carbocycles. The van der Waals surface area contributed by atoms with Crippen LogP contribution >= 0.6 is 0 Å². The largest absolute Gasteiger partial charge is 0.456 e. The van der Waals surface area contributed by atoms with Crippen molar-refractivity contribution in [2.75, 3.05) is 14.7 Å². The first-order valence-corrected chi connectivity index (χ1v) is 38.2. The van der Waals surface area contributed by atoms with Gasteiger partial charge in [-0.25, -0.2) is 0 Å². The van der Waals surface area contributed by atoms with Crippen LogP contribution in [0.4, 0.5) is 45.5 Å². The molecule has 1 aliphatic carbocycles. The summed E-state index contributed by atoms with van der Waals surface area (Å²) in [5, 5.41) is 7.54. The van der Waals surface area contributed by atoms with Crippen molar-refractivity contribution in [3.63, 3.8) is 0 Å². The number of hydrogen-bond donors (Lipinski definition) is 0. The second-order valence-electron chi connectivity index (χ2n) is 29.3. The zero-order valence-corrected chi connectivity index (χ0v) is 60.8. The van der Waals surface area contributed by atoms with E-state index in [1.165, 1.54) is 0 Å². The number of nitrogens with zero attached hydrogens (tertiary/aromatic N) is 3. The first-order valence-electron chi connectivity index (χ1n) is 38.2. The quantitative estimate of drug-likeness (QED) is 0.0892. The fourth-order valence-corrected chi connectivity index (χ4v) is 17.8. The number of anilines is 8. The lowest BCUT2D eigenvalue weighted by molar-refractivity contribution is 0.589. The van der Waals surface area contributed by atoms with Gasteiger partial charge in [-0.3, -0.25) is 0 Å². The van der Waals surface area contributed by atoms with Crippen molar-refractivity contribution in [3.8, 4) is 55.6 Å². The van der Waals surface area contributed by atoms with Gasteiger partial charge in [0, 0.05) is 117 Å². The molecule has 6 heterocycles. The summed E-state index contributed by atoms with van der Waals surface area (Å²) in [6.45, 7) is 4.06. The molecule has 7 nitrogen and oxygen atoms in total. The summed E-state index contributed by atoms with van der Waals surface area (Å²) in [5.41, 5.74) is 31.1. The van der Waals surface area contributed by atoms with Crippen LogP contribution in [-0.4, -0.2) is 6.71 Å². The number of rotatable bonds is 12. The van der Waals surface area contributed by atoms with Gasteiger partial charge in [-0.15, -0.1) is 0 Å². The molecule has 15 aromatic carbocycles. The molecular formula is C103H68BN3O4. The van der Waals surface area contributed by atoms with Crippen molar-refractivity contribution < 1.29 is 17.7 Å². The number of hydrogen-bond acceptors (Lipinski definition) is 7. The van der Waals surface area contributed by atoms with Crippen LogP contribution in [0.1, 0.15) is 25.2 Å². The standard InChI is InChI=1S/C103H68BN3O4/c1-3-4-28-75(61-88-64(2)44-55-87-83-33-14-18-43-98(83)111-103(87)88)107-92-60-71(79-36-22-39-86-82-32-13-17-42-97(82)110-102(79)86)50-57-90(92)104-89-56-49-70(78-35-21-38-85-81-31-12-16-41-96(81)109-101(78)85)59-91(89)106(74-29-19-27-69(58-74)77-34-20-37-84-80-30-11-15-40-95(80)108-100(77)84)93-62-76(63-94(107)99(93)104)105(72-51-45-67(46-52-72)65-23-7-5-8-24-65)73-53-47-68(48-54-73)66-25-9-6-10-26-66/h3-64H,1-2H3/b4-3-,75-28+,88-61-. The molecule has 111 heavy (non-hydrogen) atoms. The summed E-state index contributed by atoms with van der Waals surface area (Å²) in [6, 6.07) is 121. The first kappa shape index (κ1) is 63.9. The van der Waals surface area contributed by atoms with E-state index in [0.717, 1.165) is 217 Å². The van der Waals surface area contributed by atoms with Crippen molar-refractivity contribution in [2.45, 2.75) is 13.8 Å². The Hall–Kier alpha value is -14.3. The molecule has 0 radical (unpaired) electrons. The van der Waals surface area contributed by atoms with E-state index in [9.17, 15) is 0 Å². The SMILES string of the molecule is C\C=C/C=C(\C=C1/c2oc3ccccc3c2C=CC1C)N1c2cc(-c3cccc4c3oc3ccccc34)ccc2B2c3ccc(-c4cccc5c4oc4ccccc45)cc3N(c3cccc(-c4cccc5c4oc4ccccc45)c3)c3cc(N(c4ccc(-c5ccccc5)cc4)c4ccc(-c5ccccc5)cc4)cc1c32. The third-order valence-electron chi connectivity index (χ3n) is 23.0. The maximum absolute atomic E-state index is 7.08. The van der Waals surface area contributed by atoms with Crippen LogP contribution in [-0.2, 0) is 0 Å². The number of benzene rings is 15. The molecule has 2 aliphatic heterocycles. The van der Waals surface area contributed by atoms with Crippen LogP contribution in [0.25, 0.3) is 144 Å². The fourth-order valence-electron chi connectivity index (χ4n) is 17.8. The minimum absolute atomic E-state index is 0.0192. The monoisotopic (exact) mass is 1420 g/mol. The molecule has 0 fully saturated rings. The lowest BCUT2D eigenvalue weighted by Gasteiger charge is -2.45. The zero-order valence-electron chi connectivity index (χ0n) is 60.8. The van der Waals surface area contributed by atoms with E-state index < -0.39 is 0 Å². The van der Waals surface area contributed by atoms with E-state index in [2.05, 4.69) is 393 Å².